The number of thioether (sulfide) groups is 1. The topological polar surface area (TPSA) is 66.5 Å². The van der Waals surface area contributed by atoms with Gasteiger partial charge < -0.3 is 5.32 Å². The Hall–Kier alpha value is -1.47. The Morgan fingerprint density at radius 1 is 1.53 bits per heavy atom. The van der Waals surface area contributed by atoms with Crippen molar-refractivity contribution < 1.29 is 4.39 Å². The molecule has 1 aromatic carbocycles. The van der Waals surface area contributed by atoms with Crippen molar-refractivity contribution in [1.82, 2.24) is 25.9 Å². The van der Waals surface area contributed by atoms with Crippen molar-refractivity contribution >= 4 is 11.8 Å². The molecule has 2 N–H and O–H groups in total. The molecule has 1 aliphatic heterocycles. The number of aromatic nitrogens is 4. The van der Waals surface area contributed by atoms with Crippen LogP contribution in [0.2, 0.25) is 0 Å². The van der Waals surface area contributed by atoms with Crippen LogP contribution in [0.25, 0.3) is 0 Å². The summed E-state index contributed by atoms with van der Waals surface area (Å²) in [4.78, 5) is 0.756. The van der Waals surface area contributed by atoms with Gasteiger partial charge in [0.25, 0.3) is 0 Å². The van der Waals surface area contributed by atoms with Gasteiger partial charge in [-0.3, -0.25) is 0 Å². The van der Waals surface area contributed by atoms with Crippen molar-refractivity contribution in [2.75, 3.05) is 5.75 Å². The molecule has 2 atom stereocenters. The standard InChI is InChI=1S/C12H14FN5S/c1-7(12-15-17-18-16-12)14-10-5-6-19-11-8(10)3-2-4-9(11)13/h2-4,7,10,14H,5-6H2,1H3,(H,15,16,17,18). The quantitative estimate of drug-likeness (QED) is 0.902. The summed E-state index contributed by atoms with van der Waals surface area (Å²) in [6.45, 7) is 1.98. The smallest absolute Gasteiger partial charge is 0.191 e. The predicted molar refractivity (Wildman–Crippen MR) is 70.2 cm³/mol. The van der Waals surface area contributed by atoms with Crippen molar-refractivity contribution in [1.29, 1.82) is 0 Å². The van der Waals surface area contributed by atoms with E-state index >= 15 is 0 Å². The zero-order valence-electron chi connectivity index (χ0n) is 10.4. The second-order valence-corrected chi connectivity index (χ2v) is 5.61. The van der Waals surface area contributed by atoms with E-state index < -0.39 is 0 Å². The van der Waals surface area contributed by atoms with E-state index in [0.717, 1.165) is 22.6 Å². The number of hydrogen-bond donors (Lipinski definition) is 2. The minimum absolute atomic E-state index is 0.0250. The molecule has 0 aliphatic carbocycles. The van der Waals surface area contributed by atoms with E-state index in [4.69, 9.17) is 0 Å². The third-order valence-electron chi connectivity index (χ3n) is 3.23. The van der Waals surface area contributed by atoms with E-state index in [0.29, 0.717) is 5.82 Å². The largest absolute Gasteiger partial charge is 0.300 e. The molecule has 1 aromatic heterocycles. The number of hydrogen-bond acceptors (Lipinski definition) is 5. The highest BCUT2D eigenvalue weighted by molar-refractivity contribution is 7.99. The fourth-order valence-electron chi connectivity index (χ4n) is 2.29. The van der Waals surface area contributed by atoms with Crippen molar-refractivity contribution in [2.24, 2.45) is 0 Å². The second kappa shape index (κ2) is 5.26. The lowest BCUT2D eigenvalue weighted by molar-refractivity contribution is 0.432. The molecule has 0 saturated heterocycles. The SMILES string of the molecule is CC(NC1CCSc2c(F)cccc21)c1nn[nH]n1. The number of H-pyrrole nitrogens is 1. The molecule has 7 heteroatoms. The molecule has 2 heterocycles. The van der Waals surface area contributed by atoms with Crippen LogP contribution in [0.5, 0.6) is 0 Å². The average Bonchev–Trinajstić information content (AvgIpc) is 2.94. The van der Waals surface area contributed by atoms with Gasteiger partial charge >= 0.3 is 0 Å². The van der Waals surface area contributed by atoms with Crippen LogP contribution in [0.3, 0.4) is 0 Å². The molecule has 100 valence electrons. The summed E-state index contributed by atoms with van der Waals surface area (Å²) in [5, 5.41) is 17.4. The summed E-state index contributed by atoms with van der Waals surface area (Å²) < 4.78 is 13.8. The van der Waals surface area contributed by atoms with Crippen molar-refractivity contribution in [3.8, 4) is 0 Å². The fourth-order valence-corrected chi connectivity index (χ4v) is 3.43. The zero-order valence-corrected chi connectivity index (χ0v) is 11.2. The van der Waals surface area contributed by atoms with Gasteiger partial charge in [-0.1, -0.05) is 17.3 Å². The molecule has 3 rings (SSSR count). The van der Waals surface area contributed by atoms with Gasteiger partial charge in [-0.25, -0.2) is 4.39 Å². The van der Waals surface area contributed by atoms with Gasteiger partial charge in [0.05, 0.1) is 6.04 Å². The number of benzene rings is 1. The monoisotopic (exact) mass is 279 g/mol. The van der Waals surface area contributed by atoms with Gasteiger partial charge in [0.2, 0.25) is 0 Å². The Bertz CT molecular complexity index is 559. The normalized spacial score (nSPS) is 20.0. The summed E-state index contributed by atoms with van der Waals surface area (Å²) in [5.74, 6) is 1.39. The van der Waals surface area contributed by atoms with Gasteiger partial charge in [0.1, 0.15) is 5.82 Å². The highest BCUT2D eigenvalue weighted by Gasteiger charge is 2.25. The molecule has 2 unspecified atom stereocenters. The maximum Gasteiger partial charge on any atom is 0.191 e. The van der Waals surface area contributed by atoms with Crippen LogP contribution < -0.4 is 5.32 Å². The molecule has 5 nitrogen and oxygen atoms in total. The van der Waals surface area contributed by atoms with Crippen LogP contribution in [0.4, 0.5) is 4.39 Å². The van der Waals surface area contributed by atoms with Crippen LogP contribution in [-0.4, -0.2) is 26.4 Å². The highest BCUT2D eigenvalue weighted by atomic mass is 32.2. The van der Waals surface area contributed by atoms with Gasteiger partial charge in [-0.2, -0.15) is 5.21 Å². The van der Waals surface area contributed by atoms with Crippen molar-refractivity contribution in [3.05, 3.63) is 35.4 Å². The summed E-state index contributed by atoms with van der Waals surface area (Å²) in [5.41, 5.74) is 1.02. The molecule has 0 radical (unpaired) electrons. The lowest BCUT2D eigenvalue weighted by atomic mass is 10.0. The molecular formula is C12H14FN5S. The molecule has 2 aromatic rings. The van der Waals surface area contributed by atoms with Gasteiger partial charge in [0.15, 0.2) is 5.82 Å². The molecule has 19 heavy (non-hydrogen) atoms. The molecule has 0 fully saturated rings. The molecule has 0 bridgehead atoms. The molecular weight excluding hydrogens is 265 g/mol. The molecule has 1 aliphatic rings. The maximum atomic E-state index is 13.8. The number of aromatic amines is 1. The Labute approximate surface area is 114 Å². The minimum Gasteiger partial charge on any atom is -0.300 e. The van der Waals surface area contributed by atoms with Crippen LogP contribution in [0.1, 0.15) is 36.8 Å². The van der Waals surface area contributed by atoms with Gasteiger partial charge in [-0.15, -0.1) is 22.0 Å². The number of nitrogens with one attached hydrogen (secondary N) is 2. The highest BCUT2D eigenvalue weighted by Crippen LogP contribution is 2.38. The van der Waals surface area contributed by atoms with Crippen molar-refractivity contribution in [2.45, 2.75) is 30.3 Å². The number of nitrogens with zero attached hydrogens (tertiary/aromatic N) is 3. The molecule has 0 saturated carbocycles. The Balaban J connectivity index is 1.82. The minimum atomic E-state index is -0.138. The lowest BCUT2D eigenvalue weighted by Gasteiger charge is -2.28. The summed E-state index contributed by atoms with van der Waals surface area (Å²) in [6, 6.07) is 5.35. The third kappa shape index (κ3) is 2.48. The van der Waals surface area contributed by atoms with Crippen LogP contribution in [0, 0.1) is 5.82 Å². The Morgan fingerprint density at radius 2 is 2.42 bits per heavy atom. The number of halogens is 1. The van der Waals surface area contributed by atoms with E-state index in [9.17, 15) is 4.39 Å². The summed E-state index contributed by atoms with van der Waals surface area (Å²) >= 11 is 1.58. The maximum absolute atomic E-state index is 13.8. The van der Waals surface area contributed by atoms with E-state index in [-0.39, 0.29) is 17.9 Å². The van der Waals surface area contributed by atoms with Crippen LogP contribution in [-0.2, 0) is 0 Å². The second-order valence-electron chi connectivity index (χ2n) is 4.51. The first-order valence-corrected chi connectivity index (χ1v) is 7.15. The lowest BCUT2D eigenvalue weighted by Crippen LogP contribution is -2.28. The van der Waals surface area contributed by atoms with Crippen LogP contribution >= 0.6 is 11.8 Å². The number of rotatable bonds is 3. The molecule has 0 amide bonds. The average molecular weight is 279 g/mol. The third-order valence-corrected chi connectivity index (χ3v) is 4.39. The first-order chi connectivity index (χ1) is 9.25. The first kappa shape index (κ1) is 12.6. The van der Waals surface area contributed by atoms with E-state index in [1.165, 1.54) is 6.07 Å². The Morgan fingerprint density at radius 3 is 3.21 bits per heavy atom. The number of tetrazole rings is 1. The number of fused-ring (bicyclic) bond motifs is 1. The van der Waals surface area contributed by atoms with Crippen molar-refractivity contribution in [3.63, 3.8) is 0 Å². The van der Waals surface area contributed by atoms with Gasteiger partial charge in [0, 0.05) is 10.9 Å². The van der Waals surface area contributed by atoms with E-state index in [1.54, 1.807) is 17.8 Å². The Kier molecular flexibility index (Phi) is 3.48. The first-order valence-electron chi connectivity index (χ1n) is 6.16. The van der Waals surface area contributed by atoms with Crippen LogP contribution in [0.15, 0.2) is 23.1 Å². The zero-order chi connectivity index (χ0) is 13.2. The fraction of sp³-hybridized carbons (Fsp3) is 0.417. The van der Waals surface area contributed by atoms with E-state index in [2.05, 4.69) is 25.9 Å². The van der Waals surface area contributed by atoms with E-state index in [1.807, 2.05) is 13.0 Å². The van der Waals surface area contributed by atoms with Gasteiger partial charge in [-0.05, 0) is 30.7 Å². The summed E-state index contributed by atoms with van der Waals surface area (Å²) in [6.07, 6.45) is 0.962. The molecule has 0 spiro atoms. The predicted octanol–water partition coefficient (Wildman–Crippen LogP) is 2.23. The summed E-state index contributed by atoms with van der Waals surface area (Å²) in [7, 11) is 0.